The van der Waals surface area contributed by atoms with Gasteiger partial charge in [-0.1, -0.05) is 20.8 Å². The lowest BCUT2D eigenvalue weighted by atomic mass is 10.0. The van der Waals surface area contributed by atoms with E-state index in [4.69, 9.17) is 5.11 Å². The Morgan fingerprint density at radius 2 is 2.16 bits per heavy atom. The fourth-order valence-corrected chi connectivity index (χ4v) is 2.54. The number of carboxylic acid groups (broad SMARTS) is 1. The van der Waals surface area contributed by atoms with Gasteiger partial charge in [0.05, 0.1) is 12.1 Å². The Morgan fingerprint density at radius 3 is 2.63 bits per heavy atom. The van der Waals surface area contributed by atoms with E-state index in [1.807, 2.05) is 26.2 Å². The van der Waals surface area contributed by atoms with Crippen LogP contribution >= 0.6 is 11.3 Å². The highest BCUT2D eigenvalue weighted by Gasteiger charge is 2.21. The lowest BCUT2D eigenvalue weighted by Gasteiger charge is -2.15. The molecule has 0 saturated carbocycles. The maximum Gasteiger partial charge on any atom is 0.326 e. The number of aliphatic carboxylic acids is 1. The summed E-state index contributed by atoms with van der Waals surface area (Å²) in [6.07, 6.45) is 1.41. The van der Waals surface area contributed by atoms with Crippen LogP contribution in [0.25, 0.3) is 0 Å². The zero-order chi connectivity index (χ0) is 14.4. The van der Waals surface area contributed by atoms with Crippen LogP contribution in [0.1, 0.15) is 37.9 Å². The first-order chi connectivity index (χ1) is 8.92. The van der Waals surface area contributed by atoms with Crippen LogP contribution in [0, 0.1) is 5.92 Å². The average Bonchev–Trinajstić information content (AvgIpc) is 2.75. The largest absolute Gasteiger partial charge is 0.480 e. The number of aromatic nitrogens is 1. The van der Waals surface area contributed by atoms with E-state index in [2.05, 4.69) is 10.3 Å². The van der Waals surface area contributed by atoms with Gasteiger partial charge in [0.2, 0.25) is 5.91 Å². The molecule has 1 rings (SSSR count). The minimum Gasteiger partial charge on any atom is -0.480 e. The molecule has 1 amide bonds. The molecule has 6 heteroatoms. The summed E-state index contributed by atoms with van der Waals surface area (Å²) in [5, 5.41) is 14.3. The van der Waals surface area contributed by atoms with E-state index in [1.165, 1.54) is 11.3 Å². The van der Waals surface area contributed by atoms with Crippen molar-refractivity contribution in [3.05, 3.63) is 16.1 Å². The number of nitrogens with one attached hydrogen (secondary N) is 1. The Bertz CT molecular complexity index is 443. The fraction of sp³-hybridized carbons (Fsp3) is 0.615. The van der Waals surface area contributed by atoms with Gasteiger partial charge < -0.3 is 10.4 Å². The second-order valence-corrected chi connectivity index (χ2v) is 5.79. The molecule has 0 radical (unpaired) electrons. The third-order valence-electron chi connectivity index (χ3n) is 2.61. The van der Waals surface area contributed by atoms with E-state index >= 15 is 0 Å². The molecule has 1 aromatic heterocycles. The highest BCUT2D eigenvalue weighted by Crippen LogP contribution is 2.11. The van der Waals surface area contributed by atoms with Crippen LogP contribution in [-0.4, -0.2) is 28.0 Å². The molecule has 5 nitrogen and oxygen atoms in total. The Balaban J connectivity index is 2.54. The van der Waals surface area contributed by atoms with Crippen LogP contribution < -0.4 is 5.32 Å². The highest BCUT2D eigenvalue weighted by atomic mass is 32.1. The zero-order valence-corrected chi connectivity index (χ0v) is 12.3. The molecule has 1 aromatic rings. The molecule has 0 aliphatic carbocycles. The number of carboxylic acids is 1. The molecular formula is C13H20N2O3S. The molecule has 1 atom stereocenters. The standard InChI is InChI=1S/C13H20N2O3S/c1-4-9-7-19-12(14-9)6-11(16)15-10(13(17)18)5-8(2)3/h7-8,10H,4-6H2,1-3H3,(H,15,16)(H,17,18). The lowest BCUT2D eigenvalue weighted by Crippen LogP contribution is -2.42. The zero-order valence-electron chi connectivity index (χ0n) is 11.5. The van der Waals surface area contributed by atoms with Crippen molar-refractivity contribution in [1.29, 1.82) is 0 Å². The van der Waals surface area contributed by atoms with Crippen LogP contribution in [-0.2, 0) is 22.4 Å². The highest BCUT2D eigenvalue weighted by molar-refractivity contribution is 7.09. The average molecular weight is 284 g/mol. The SMILES string of the molecule is CCc1csc(CC(=O)NC(CC(C)C)C(=O)O)n1. The minimum atomic E-state index is -0.990. The van der Waals surface area contributed by atoms with Crippen LogP contribution in [0.2, 0.25) is 0 Å². The molecule has 0 aromatic carbocycles. The summed E-state index contributed by atoms with van der Waals surface area (Å²) in [7, 11) is 0. The predicted molar refractivity (Wildman–Crippen MR) is 74.2 cm³/mol. The van der Waals surface area contributed by atoms with Gasteiger partial charge in [-0.15, -0.1) is 11.3 Å². The molecule has 2 N–H and O–H groups in total. The van der Waals surface area contributed by atoms with Crippen LogP contribution in [0.15, 0.2) is 5.38 Å². The lowest BCUT2D eigenvalue weighted by molar-refractivity contribution is -0.142. The summed E-state index contributed by atoms with van der Waals surface area (Å²) in [4.78, 5) is 27.1. The number of nitrogens with zero attached hydrogens (tertiary/aromatic N) is 1. The second kappa shape index (κ2) is 7.23. The van der Waals surface area contributed by atoms with Gasteiger partial charge in [0.1, 0.15) is 11.0 Å². The monoisotopic (exact) mass is 284 g/mol. The van der Waals surface area contributed by atoms with Crippen molar-refractivity contribution >= 4 is 23.2 Å². The van der Waals surface area contributed by atoms with Crippen molar-refractivity contribution in [1.82, 2.24) is 10.3 Å². The van der Waals surface area contributed by atoms with Gasteiger partial charge in [-0.05, 0) is 18.8 Å². The first-order valence-corrected chi connectivity index (χ1v) is 7.25. The number of carbonyl (C=O) groups is 2. The number of carbonyl (C=O) groups excluding carboxylic acids is 1. The fourth-order valence-electron chi connectivity index (χ4n) is 1.67. The van der Waals surface area contributed by atoms with E-state index in [0.717, 1.165) is 17.1 Å². The number of rotatable bonds is 7. The summed E-state index contributed by atoms with van der Waals surface area (Å²) in [6, 6.07) is -0.821. The van der Waals surface area contributed by atoms with Crippen molar-refractivity contribution < 1.29 is 14.7 Å². The van der Waals surface area contributed by atoms with Gasteiger partial charge in [-0.2, -0.15) is 0 Å². The summed E-state index contributed by atoms with van der Waals surface area (Å²) in [6.45, 7) is 5.86. The third kappa shape index (κ3) is 5.38. The van der Waals surface area contributed by atoms with Gasteiger partial charge in [-0.3, -0.25) is 4.79 Å². The normalized spacial score (nSPS) is 12.4. The van der Waals surface area contributed by atoms with Crippen molar-refractivity contribution in [2.45, 2.75) is 46.1 Å². The molecule has 0 spiro atoms. The smallest absolute Gasteiger partial charge is 0.326 e. The molecule has 0 bridgehead atoms. The van der Waals surface area contributed by atoms with Crippen LogP contribution in [0.3, 0.4) is 0 Å². The molecule has 1 unspecified atom stereocenters. The molecular weight excluding hydrogens is 264 g/mol. The Hall–Kier alpha value is -1.43. The van der Waals surface area contributed by atoms with Gasteiger partial charge in [0.15, 0.2) is 0 Å². The van der Waals surface area contributed by atoms with Crippen molar-refractivity contribution in [3.63, 3.8) is 0 Å². The quantitative estimate of drug-likeness (QED) is 0.801. The maximum absolute atomic E-state index is 11.8. The second-order valence-electron chi connectivity index (χ2n) is 4.85. The van der Waals surface area contributed by atoms with Gasteiger partial charge in [-0.25, -0.2) is 9.78 Å². The van der Waals surface area contributed by atoms with E-state index in [1.54, 1.807) is 0 Å². The van der Waals surface area contributed by atoms with E-state index in [-0.39, 0.29) is 18.2 Å². The van der Waals surface area contributed by atoms with Crippen LogP contribution in [0.5, 0.6) is 0 Å². The topological polar surface area (TPSA) is 79.3 Å². The number of aryl methyl sites for hydroxylation is 1. The number of thiazole rings is 1. The molecule has 0 aliphatic heterocycles. The Morgan fingerprint density at radius 1 is 1.47 bits per heavy atom. The predicted octanol–water partition coefficient (Wildman–Crippen LogP) is 1.86. The molecule has 106 valence electrons. The molecule has 0 saturated heterocycles. The summed E-state index contributed by atoms with van der Waals surface area (Å²) < 4.78 is 0. The third-order valence-corrected chi connectivity index (χ3v) is 3.51. The van der Waals surface area contributed by atoms with Crippen molar-refractivity contribution in [3.8, 4) is 0 Å². The van der Waals surface area contributed by atoms with Gasteiger partial charge >= 0.3 is 5.97 Å². The number of hydrogen-bond acceptors (Lipinski definition) is 4. The Kier molecular flexibility index (Phi) is 5.95. The van der Waals surface area contributed by atoms with E-state index < -0.39 is 12.0 Å². The molecule has 0 fully saturated rings. The van der Waals surface area contributed by atoms with E-state index in [0.29, 0.717) is 6.42 Å². The van der Waals surface area contributed by atoms with Crippen molar-refractivity contribution in [2.24, 2.45) is 5.92 Å². The van der Waals surface area contributed by atoms with E-state index in [9.17, 15) is 9.59 Å². The summed E-state index contributed by atoms with van der Waals surface area (Å²) >= 11 is 1.43. The summed E-state index contributed by atoms with van der Waals surface area (Å²) in [5.41, 5.74) is 0.963. The number of hydrogen-bond donors (Lipinski definition) is 2. The minimum absolute atomic E-state index is 0.145. The summed E-state index contributed by atoms with van der Waals surface area (Å²) in [5.74, 6) is -1.06. The van der Waals surface area contributed by atoms with Crippen LogP contribution in [0.4, 0.5) is 0 Å². The first-order valence-electron chi connectivity index (χ1n) is 6.37. The molecule has 19 heavy (non-hydrogen) atoms. The van der Waals surface area contributed by atoms with Crippen molar-refractivity contribution in [2.75, 3.05) is 0 Å². The number of amides is 1. The molecule has 1 heterocycles. The first kappa shape index (κ1) is 15.6. The Labute approximate surface area is 117 Å². The van der Waals surface area contributed by atoms with Gasteiger partial charge in [0.25, 0.3) is 0 Å². The molecule has 0 aliphatic rings. The maximum atomic E-state index is 11.8. The van der Waals surface area contributed by atoms with Gasteiger partial charge in [0, 0.05) is 5.38 Å².